The number of hydrogen-bond acceptors (Lipinski definition) is 6. The van der Waals surface area contributed by atoms with Crippen molar-refractivity contribution < 1.29 is 18.7 Å². The Balaban J connectivity index is 1.52. The third-order valence-corrected chi connectivity index (χ3v) is 5.73. The van der Waals surface area contributed by atoms with Gasteiger partial charge in [0, 0.05) is 29.2 Å². The van der Waals surface area contributed by atoms with Gasteiger partial charge in [-0.3, -0.25) is 4.79 Å². The molecule has 0 saturated carbocycles. The molecule has 29 heavy (non-hydrogen) atoms. The first-order valence-electron chi connectivity index (χ1n) is 9.18. The van der Waals surface area contributed by atoms with E-state index >= 15 is 0 Å². The molecule has 2 aromatic heterocycles. The van der Waals surface area contributed by atoms with E-state index in [1.165, 1.54) is 23.6 Å². The van der Waals surface area contributed by atoms with Crippen molar-refractivity contribution in [2.24, 2.45) is 0 Å². The average Bonchev–Trinajstić information content (AvgIpc) is 3.25. The van der Waals surface area contributed by atoms with Crippen LogP contribution >= 0.6 is 11.3 Å². The molecule has 1 aromatic carbocycles. The highest BCUT2D eigenvalue weighted by Gasteiger charge is 2.28. The van der Waals surface area contributed by atoms with Crippen LogP contribution in [0.4, 0.5) is 4.39 Å². The maximum Gasteiger partial charge on any atom is 0.255 e. The van der Waals surface area contributed by atoms with E-state index in [1.807, 2.05) is 29.6 Å². The minimum Gasteiger partial charge on any atom is -0.496 e. The minimum atomic E-state index is -0.562. The number of pyridine rings is 1. The molecule has 1 fully saturated rings. The first-order valence-corrected chi connectivity index (χ1v) is 10.1. The van der Waals surface area contributed by atoms with Gasteiger partial charge in [-0.25, -0.2) is 9.97 Å². The summed E-state index contributed by atoms with van der Waals surface area (Å²) in [7, 11) is 1.63. The quantitative estimate of drug-likeness (QED) is 0.608. The molecular weight excluding hydrogens is 393 g/mol. The van der Waals surface area contributed by atoms with Crippen molar-refractivity contribution in [1.29, 1.82) is 0 Å². The number of aromatic nitrogens is 2. The van der Waals surface area contributed by atoms with Gasteiger partial charge in [-0.15, -0.1) is 11.3 Å². The lowest BCUT2D eigenvalue weighted by atomic mass is 10.1. The van der Waals surface area contributed by atoms with E-state index in [1.54, 1.807) is 18.9 Å². The summed E-state index contributed by atoms with van der Waals surface area (Å²) in [5.41, 5.74) is 2.45. The molecule has 8 heteroatoms. The van der Waals surface area contributed by atoms with Crippen molar-refractivity contribution in [2.75, 3.05) is 26.8 Å². The number of thiazole rings is 1. The summed E-state index contributed by atoms with van der Waals surface area (Å²) in [4.78, 5) is 22.9. The summed E-state index contributed by atoms with van der Waals surface area (Å²) in [6, 6.07) is 9.23. The fraction of sp³-hybridized carbons (Fsp3) is 0.286. The second-order valence-corrected chi connectivity index (χ2v) is 7.60. The van der Waals surface area contributed by atoms with Gasteiger partial charge in [0.25, 0.3) is 5.91 Å². The molecule has 0 spiro atoms. The van der Waals surface area contributed by atoms with Crippen LogP contribution in [-0.4, -0.2) is 47.6 Å². The number of para-hydroxylation sites is 1. The molecule has 0 aliphatic carbocycles. The van der Waals surface area contributed by atoms with E-state index in [2.05, 4.69) is 4.98 Å². The molecule has 1 aliphatic rings. The van der Waals surface area contributed by atoms with E-state index in [0.717, 1.165) is 22.0 Å². The number of nitrogens with zero attached hydrogens (tertiary/aromatic N) is 3. The Morgan fingerprint density at radius 2 is 2.21 bits per heavy atom. The van der Waals surface area contributed by atoms with E-state index in [4.69, 9.17) is 14.5 Å². The van der Waals surface area contributed by atoms with Gasteiger partial charge in [0.05, 0.1) is 31.5 Å². The average molecular weight is 413 g/mol. The third-order valence-electron chi connectivity index (χ3n) is 4.80. The van der Waals surface area contributed by atoms with Crippen LogP contribution in [0, 0.1) is 12.9 Å². The summed E-state index contributed by atoms with van der Waals surface area (Å²) < 4.78 is 24.7. The highest BCUT2D eigenvalue weighted by molar-refractivity contribution is 7.10. The Morgan fingerprint density at radius 3 is 3.00 bits per heavy atom. The van der Waals surface area contributed by atoms with Crippen molar-refractivity contribution in [3.05, 3.63) is 64.0 Å². The number of ether oxygens (including phenoxy) is 2. The third kappa shape index (κ3) is 3.99. The fourth-order valence-electron chi connectivity index (χ4n) is 3.26. The predicted molar refractivity (Wildman–Crippen MR) is 108 cm³/mol. The van der Waals surface area contributed by atoms with E-state index in [-0.39, 0.29) is 12.0 Å². The van der Waals surface area contributed by atoms with E-state index < -0.39 is 5.95 Å². The zero-order chi connectivity index (χ0) is 20.4. The smallest absolute Gasteiger partial charge is 0.255 e. The van der Waals surface area contributed by atoms with Gasteiger partial charge < -0.3 is 14.4 Å². The zero-order valence-electron chi connectivity index (χ0n) is 16.1. The molecule has 1 atom stereocenters. The molecule has 1 amide bonds. The number of hydrogen-bond donors (Lipinski definition) is 0. The monoisotopic (exact) mass is 413 g/mol. The molecular formula is C21H20FN3O3S. The Labute approximate surface area is 171 Å². The Hall–Kier alpha value is -2.84. The number of aryl methyl sites for hydroxylation is 1. The lowest BCUT2D eigenvalue weighted by Gasteiger charge is -2.32. The minimum absolute atomic E-state index is 0.185. The lowest BCUT2D eigenvalue weighted by molar-refractivity contribution is -0.0228. The summed E-state index contributed by atoms with van der Waals surface area (Å²) in [6.45, 7) is 2.86. The van der Waals surface area contributed by atoms with Gasteiger partial charge in [-0.1, -0.05) is 12.1 Å². The number of rotatable bonds is 4. The fourth-order valence-corrected chi connectivity index (χ4v) is 4.11. The molecule has 1 aliphatic heterocycles. The van der Waals surface area contributed by atoms with Gasteiger partial charge in [0.15, 0.2) is 0 Å². The Kier molecular flexibility index (Phi) is 5.55. The van der Waals surface area contributed by atoms with Crippen LogP contribution in [0.5, 0.6) is 5.75 Å². The zero-order valence-corrected chi connectivity index (χ0v) is 16.9. The number of methoxy groups -OCH3 is 1. The number of morpholine rings is 1. The van der Waals surface area contributed by atoms with Crippen LogP contribution in [0.3, 0.4) is 0 Å². The Morgan fingerprint density at radius 1 is 1.38 bits per heavy atom. The largest absolute Gasteiger partial charge is 0.496 e. The van der Waals surface area contributed by atoms with Crippen molar-refractivity contribution in [3.8, 4) is 17.0 Å². The maximum absolute atomic E-state index is 13.4. The van der Waals surface area contributed by atoms with Gasteiger partial charge >= 0.3 is 0 Å². The first kappa shape index (κ1) is 19.5. The van der Waals surface area contributed by atoms with Crippen LogP contribution in [0.25, 0.3) is 11.3 Å². The normalized spacial score (nSPS) is 16.7. The molecule has 0 N–H and O–H groups in total. The highest BCUT2D eigenvalue weighted by Crippen LogP contribution is 2.33. The second kappa shape index (κ2) is 8.26. The summed E-state index contributed by atoms with van der Waals surface area (Å²) in [5.74, 6) is 0.00774. The summed E-state index contributed by atoms with van der Waals surface area (Å²) in [5, 5.41) is 2.77. The summed E-state index contributed by atoms with van der Waals surface area (Å²) in [6.07, 6.45) is 0.967. The second-order valence-electron chi connectivity index (χ2n) is 6.71. The number of benzene rings is 1. The van der Waals surface area contributed by atoms with Gasteiger partial charge in [0.2, 0.25) is 5.95 Å². The maximum atomic E-state index is 13.4. The van der Waals surface area contributed by atoms with Crippen molar-refractivity contribution in [1.82, 2.24) is 14.9 Å². The van der Waals surface area contributed by atoms with Crippen LogP contribution in [0.1, 0.15) is 27.0 Å². The highest BCUT2D eigenvalue weighted by atomic mass is 32.1. The standard InChI is InChI=1S/C21H20FN3O3S/c1-13-9-14(10-23-19(13)22)21(26)25-7-8-28-18(11-25)20-24-16(12-29-20)15-5-3-4-6-17(15)27-2/h3-6,9-10,12,18H,7-8,11H2,1-2H3/t18-/m1/s1. The van der Waals surface area contributed by atoms with Crippen LogP contribution < -0.4 is 4.74 Å². The Bertz CT molecular complexity index is 1040. The molecule has 0 radical (unpaired) electrons. The van der Waals surface area contributed by atoms with E-state index in [9.17, 15) is 9.18 Å². The molecule has 0 bridgehead atoms. The van der Waals surface area contributed by atoms with Gasteiger partial charge in [-0.2, -0.15) is 4.39 Å². The van der Waals surface area contributed by atoms with Crippen LogP contribution in [0.15, 0.2) is 41.9 Å². The SMILES string of the molecule is COc1ccccc1-c1csc([C@H]2CN(C(=O)c3cnc(F)c(C)c3)CCO2)n1. The number of amides is 1. The number of halogens is 1. The van der Waals surface area contributed by atoms with Crippen molar-refractivity contribution in [2.45, 2.75) is 13.0 Å². The van der Waals surface area contributed by atoms with Crippen LogP contribution in [-0.2, 0) is 4.74 Å². The number of carbonyl (C=O) groups excluding carboxylic acids is 1. The molecule has 150 valence electrons. The lowest BCUT2D eigenvalue weighted by Crippen LogP contribution is -2.42. The first-order chi connectivity index (χ1) is 14.1. The molecule has 1 saturated heterocycles. The molecule has 4 rings (SSSR count). The molecule has 0 unspecified atom stereocenters. The van der Waals surface area contributed by atoms with Crippen molar-refractivity contribution in [3.63, 3.8) is 0 Å². The van der Waals surface area contributed by atoms with E-state index in [0.29, 0.717) is 30.8 Å². The molecule has 3 heterocycles. The predicted octanol–water partition coefficient (Wildman–Crippen LogP) is 3.87. The molecule has 3 aromatic rings. The topological polar surface area (TPSA) is 64.5 Å². The van der Waals surface area contributed by atoms with Crippen molar-refractivity contribution >= 4 is 17.2 Å². The van der Waals surface area contributed by atoms with Crippen LogP contribution in [0.2, 0.25) is 0 Å². The number of carbonyl (C=O) groups is 1. The van der Waals surface area contributed by atoms with Gasteiger partial charge in [-0.05, 0) is 25.1 Å². The van der Waals surface area contributed by atoms with Gasteiger partial charge in [0.1, 0.15) is 16.9 Å². The molecule has 6 nitrogen and oxygen atoms in total. The summed E-state index contributed by atoms with van der Waals surface area (Å²) >= 11 is 1.49.